The first-order valence-electron chi connectivity index (χ1n) is 6.63. The molecule has 3 aromatic carbocycles. The summed E-state index contributed by atoms with van der Waals surface area (Å²) >= 11 is 0.955. The van der Waals surface area contributed by atoms with Gasteiger partial charge in [-0.05, 0) is 0 Å². The van der Waals surface area contributed by atoms with Crippen LogP contribution in [0, 0.1) is 0 Å². The van der Waals surface area contributed by atoms with E-state index in [0.29, 0.717) is 29.0 Å². The van der Waals surface area contributed by atoms with E-state index in [2.05, 4.69) is 60.7 Å². The molecule has 2 aromatic heterocycles. The van der Waals surface area contributed by atoms with E-state index in [1.807, 2.05) is 0 Å². The SMILES string of the molecule is c1ccc2c(c1)[se]c1c2ccc2[se]c3ccccc3c21. The molecule has 0 saturated carbocycles. The molecule has 5 aromatic rings. The van der Waals surface area contributed by atoms with Crippen molar-refractivity contribution in [1.29, 1.82) is 0 Å². The summed E-state index contributed by atoms with van der Waals surface area (Å²) in [6, 6.07) is 22.6. The van der Waals surface area contributed by atoms with Crippen LogP contribution in [0.5, 0.6) is 0 Å². The van der Waals surface area contributed by atoms with Crippen LogP contribution in [0.2, 0.25) is 0 Å². The standard InChI is InChI=1S/C18H10Se2/c1-3-7-14-11(5-1)12-9-10-16-17(18(12)20-14)13-6-2-4-8-15(13)19-16/h1-10H. The van der Waals surface area contributed by atoms with Crippen molar-refractivity contribution in [2.75, 3.05) is 0 Å². The van der Waals surface area contributed by atoms with Crippen molar-refractivity contribution in [3.63, 3.8) is 0 Å². The molecule has 5 rings (SSSR count). The minimum atomic E-state index is 0.463. The Balaban J connectivity index is 2.14. The summed E-state index contributed by atoms with van der Waals surface area (Å²) < 4.78 is 6.28. The molecule has 0 bridgehead atoms. The first-order chi connectivity index (χ1) is 9.92. The quantitative estimate of drug-likeness (QED) is 0.347. The predicted molar refractivity (Wildman–Crippen MR) is 90.3 cm³/mol. The van der Waals surface area contributed by atoms with Gasteiger partial charge in [0, 0.05) is 0 Å². The molecule has 0 amide bonds. The maximum absolute atomic E-state index is 2.37. The van der Waals surface area contributed by atoms with Gasteiger partial charge >= 0.3 is 128 Å². The van der Waals surface area contributed by atoms with E-state index >= 15 is 0 Å². The molecule has 0 fully saturated rings. The van der Waals surface area contributed by atoms with E-state index in [-0.39, 0.29) is 0 Å². The van der Waals surface area contributed by atoms with Gasteiger partial charge in [0.25, 0.3) is 0 Å². The van der Waals surface area contributed by atoms with Gasteiger partial charge < -0.3 is 0 Å². The fourth-order valence-electron chi connectivity index (χ4n) is 2.99. The van der Waals surface area contributed by atoms with Crippen LogP contribution < -0.4 is 0 Å². The molecular weight excluding hydrogens is 374 g/mol. The van der Waals surface area contributed by atoms with Gasteiger partial charge in [0.1, 0.15) is 0 Å². The van der Waals surface area contributed by atoms with Crippen molar-refractivity contribution in [3.05, 3.63) is 60.7 Å². The minimum absolute atomic E-state index is 0.463. The molecule has 0 aliphatic carbocycles. The molecule has 0 saturated heterocycles. The monoisotopic (exact) mass is 386 g/mol. The summed E-state index contributed by atoms with van der Waals surface area (Å²) in [6.07, 6.45) is 0. The van der Waals surface area contributed by atoms with E-state index in [1.165, 1.54) is 16.2 Å². The average molecular weight is 384 g/mol. The third-order valence-electron chi connectivity index (χ3n) is 3.89. The molecule has 20 heavy (non-hydrogen) atoms. The van der Waals surface area contributed by atoms with E-state index in [9.17, 15) is 0 Å². The fourth-order valence-corrected chi connectivity index (χ4v) is 8.31. The molecule has 0 nitrogen and oxygen atoms in total. The summed E-state index contributed by atoms with van der Waals surface area (Å²) in [5.74, 6) is 0. The van der Waals surface area contributed by atoms with Crippen molar-refractivity contribution in [3.8, 4) is 0 Å². The van der Waals surface area contributed by atoms with Crippen molar-refractivity contribution in [2.45, 2.75) is 0 Å². The van der Waals surface area contributed by atoms with E-state index in [1.54, 1.807) is 22.4 Å². The van der Waals surface area contributed by atoms with Gasteiger partial charge in [-0.15, -0.1) is 0 Å². The van der Waals surface area contributed by atoms with Crippen LogP contribution in [0.4, 0.5) is 0 Å². The molecule has 0 aliphatic heterocycles. The van der Waals surface area contributed by atoms with Crippen molar-refractivity contribution < 1.29 is 0 Å². The Morgan fingerprint density at radius 3 is 2.05 bits per heavy atom. The molecule has 0 unspecified atom stereocenters. The summed E-state index contributed by atoms with van der Waals surface area (Å²) in [5.41, 5.74) is 0. The number of fused-ring (bicyclic) bond motifs is 7. The molecule has 0 atom stereocenters. The van der Waals surface area contributed by atoms with Crippen LogP contribution >= 0.6 is 0 Å². The summed E-state index contributed by atoms with van der Waals surface area (Å²) in [5, 5.41) is 6.00. The molecular formula is C18H10Se2. The van der Waals surface area contributed by atoms with Crippen molar-refractivity contribution >= 4 is 67.6 Å². The molecule has 0 radical (unpaired) electrons. The van der Waals surface area contributed by atoms with Crippen LogP contribution in [0.3, 0.4) is 0 Å². The van der Waals surface area contributed by atoms with Crippen LogP contribution in [-0.4, -0.2) is 29.0 Å². The summed E-state index contributed by atoms with van der Waals surface area (Å²) in [6.45, 7) is 0. The van der Waals surface area contributed by atoms with E-state index in [0.717, 1.165) is 0 Å². The Hall–Kier alpha value is -1.30. The Bertz CT molecular complexity index is 1100. The second-order valence-corrected chi connectivity index (χ2v) is 9.49. The van der Waals surface area contributed by atoms with E-state index in [4.69, 9.17) is 0 Å². The zero-order valence-corrected chi connectivity index (χ0v) is 14.0. The Morgan fingerprint density at radius 2 is 1.20 bits per heavy atom. The Labute approximate surface area is 128 Å². The summed E-state index contributed by atoms with van der Waals surface area (Å²) in [7, 11) is 0. The van der Waals surface area contributed by atoms with Crippen LogP contribution in [0.15, 0.2) is 60.7 Å². The average Bonchev–Trinajstić information content (AvgIpc) is 3.04. The maximum atomic E-state index is 2.37. The number of rotatable bonds is 0. The van der Waals surface area contributed by atoms with E-state index < -0.39 is 0 Å². The Morgan fingerprint density at radius 1 is 0.500 bits per heavy atom. The van der Waals surface area contributed by atoms with Gasteiger partial charge in [-0.3, -0.25) is 0 Å². The third-order valence-corrected chi connectivity index (χ3v) is 8.79. The third kappa shape index (κ3) is 1.43. The number of hydrogen-bond donors (Lipinski definition) is 0. The molecule has 2 heterocycles. The molecule has 0 aliphatic rings. The van der Waals surface area contributed by atoms with Crippen LogP contribution in [-0.2, 0) is 0 Å². The predicted octanol–water partition coefficient (Wildman–Crippen LogP) is 4.41. The first-order valence-corrected chi connectivity index (χ1v) is 10.1. The van der Waals surface area contributed by atoms with Crippen LogP contribution in [0.25, 0.3) is 38.6 Å². The number of hydrogen-bond acceptors (Lipinski definition) is 0. The second-order valence-electron chi connectivity index (χ2n) is 5.01. The normalized spacial score (nSPS) is 12.0. The fraction of sp³-hybridized carbons (Fsp3) is 0. The van der Waals surface area contributed by atoms with Crippen molar-refractivity contribution in [2.24, 2.45) is 0 Å². The van der Waals surface area contributed by atoms with Gasteiger partial charge in [0.2, 0.25) is 0 Å². The Kier molecular flexibility index (Phi) is 2.33. The molecule has 0 spiro atoms. The van der Waals surface area contributed by atoms with Gasteiger partial charge in [-0.25, -0.2) is 0 Å². The summed E-state index contributed by atoms with van der Waals surface area (Å²) in [4.78, 5) is 0. The van der Waals surface area contributed by atoms with Crippen LogP contribution in [0.1, 0.15) is 0 Å². The second kappa shape index (κ2) is 4.10. The molecule has 94 valence electrons. The van der Waals surface area contributed by atoms with Gasteiger partial charge in [0.05, 0.1) is 0 Å². The van der Waals surface area contributed by atoms with Gasteiger partial charge in [-0.2, -0.15) is 0 Å². The topological polar surface area (TPSA) is 0 Å². The zero-order valence-electron chi connectivity index (χ0n) is 10.6. The van der Waals surface area contributed by atoms with Gasteiger partial charge in [0.15, 0.2) is 0 Å². The van der Waals surface area contributed by atoms with Gasteiger partial charge in [-0.1, -0.05) is 0 Å². The molecule has 2 heteroatoms. The number of benzene rings is 3. The zero-order chi connectivity index (χ0) is 13.1. The molecule has 0 N–H and O–H groups in total. The van der Waals surface area contributed by atoms with Crippen molar-refractivity contribution in [1.82, 2.24) is 0 Å². The first kappa shape index (κ1) is 11.4.